The Labute approximate surface area is 102 Å². The molecule has 0 saturated heterocycles. The topological polar surface area (TPSA) is 38.9 Å². The van der Waals surface area contributed by atoms with Crippen LogP contribution in [-0.2, 0) is 6.18 Å². The Hall–Kier alpha value is -2.04. The molecule has 0 saturated carbocycles. The Bertz CT molecular complexity index is 577. The standard InChI is InChI=1S/C13H11F3N2/c1-8-9(3-2-4-12(8)17)10-7-18-6-5-11(10)13(14,15)16/h2-7H,17H2,1H3. The smallest absolute Gasteiger partial charge is 0.398 e. The van der Waals surface area contributed by atoms with Crippen LogP contribution in [0, 0.1) is 6.92 Å². The predicted molar refractivity (Wildman–Crippen MR) is 63.8 cm³/mol. The maximum Gasteiger partial charge on any atom is 0.417 e. The Kier molecular flexibility index (Phi) is 2.98. The first-order valence-electron chi connectivity index (χ1n) is 5.28. The molecule has 0 radical (unpaired) electrons. The number of anilines is 1. The number of benzene rings is 1. The van der Waals surface area contributed by atoms with E-state index in [1.165, 1.54) is 6.20 Å². The maximum absolute atomic E-state index is 12.9. The molecule has 1 aromatic heterocycles. The molecule has 2 N–H and O–H groups in total. The fourth-order valence-electron chi connectivity index (χ4n) is 1.80. The number of rotatable bonds is 1. The highest BCUT2D eigenvalue weighted by molar-refractivity contribution is 5.74. The van der Waals surface area contributed by atoms with Crippen molar-refractivity contribution in [2.75, 3.05) is 5.73 Å². The SMILES string of the molecule is Cc1c(N)cccc1-c1cnccc1C(F)(F)F. The summed E-state index contributed by atoms with van der Waals surface area (Å²) in [5.41, 5.74) is 6.60. The lowest BCUT2D eigenvalue weighted by atomic mass is 9.96. The highest BCUT2D eigenvalue weighted by Gasteiger charge is 2.33. The zero-order chi connectivity index (χ0) is 13.3. The van der Waals surface area contributed by atoms with Gasteiger partial charge in [0.2, 0.25) is 0 Å². The Morgan fingerprint density at radius 3 is 2.50 bits per heavy atom. The molecule has 0 spiro atoms. The number of pyridine rings is 1. The third kappa shape index (κ3) is 2.16. The number of nitrogen functional groups attached to an aromatic ring is 1. The van der Waals surface area contributed by atoms with Crippen LogP contribution < -0.4 is 5.73 Å². The minimum atomic E-state index is -4.41. The van der Waals surface area contributed by atoms with Gasteiger partial charge in [-0.15, -0.1) is 0 Å². The first-order chi connectivity index (χ1) is 8.41. The number of nitrogens with zero attached hydrogens (tertiary/aromatic N) is 1. The van der Waals surface area contributed by atoms with Gasteiger partial charge < -0.3 is 5.73 Å². The van der Waals surface area contributed by atoms with Gasteiger partial charge >= 0.3 is 6.18 Å². The summed E-state index contributed by atoms with van der Waals surface area (Å²) in [6, 6.07) is 5.86. The van der Waals surface area contributed by atoms with Gasteiger partial charge in [-0.2, -0.15) is 13.2 Å². The van der Waals surface area contributed by atoms with E-state index in [2.05, 4.69) is 4.98 Å². The molecule has 2 aromatic rings. The summed E-state index contributed by atoms with van der Waals surface area (Å²) in [5.74, 6) is 0. The average Bonchev–Trinajstić information content (AvgIpc) is 2.32. The van der Waals surface area contributed by atoms with Crippen LogP contribution in [0.1, 0.15) is 11.1 Å². The monoisotopic (exact) mass is 252 g/mol. The molecular formula is C13H11F3N2. The molecule has 1 aromatic carbocycles. The predicted octanol–water partition coefficient (Wildman–Crippen LogP) is 3.66. The van der Waals surface area contributed by atoms with Gasteiger partial charge in [0.05, 0.1) is 5.56 Å². The lowest BCUT2D eigenvalue weighted by Gasteiger charge is -2.14. The van der Waals surface area contributed by atoms with Gasteiger partial charge in [0.25, 0.3) is 0 Å². The van der Waals surface area contributed by atoms with Crippen LogP contribution >= 0.6 is 0 Å². The fourth-order valence-corrected chi connectivity index (χ4v) is 1.80. The molecule has 2 nitrogen and oxygen atoms in total. The zero-order valence-corrected chi connectivity index (χ0v) is 9.62. The van der Waals surface area contributed by atoms with Crippen LogP contribution in [0.3, 0.4) is 0 Å². The van der Waals surface area contributed by atoms with Crippen molar-refractivity contribution in [2.24, 2.45) is 0 Å². The van der Waals surface area contributed by atoms with Crippen molar-refractivity contribution in [1.82, 2.24) is 4.98 Å². The Morgan fingerprint density at radius 1 is 1.11 bits per heavy atom. The van der Waals surface area contributed by atoms with Crippen molar-refractivity contribution in [3.05, 3.63) is 47.8 Å². The quantitative estimate of drug-likeness (QED) is 0.786. The van der Waals surface area contributed by atoms with Crippen molar-refractivity contribution in [3.8, 4) is 11.1 Å². The summed E-state index contributed by atoms with van der Waals surface area (Å²) in [5, 5.41) is 0. The van der Waals surface area contributed by atoms with Gasteiger partial charge in [-0.3, -0.25) is 4.98 Å². The summed E-state index contributed by atoms with van der Waals surface area (Å²) < 4.78 is 38.7. The van der Waals surface area contributed by atoms with E-state index in [-0.39, 0.29) is 5.56 Å². The van der Waals surface area contributed by atoms with E-state index >= 15 is 0 Å². The molecule has 0 aliphatic rings. The number of nitrogens with two attached hydrogens (primary N) is 1. The molecule has 94 valence electrons. The molecule has 0 aliphatic heterocycles. The highest BCUT2D eigenvalue weighted by Crippen LogP contribution is 2.38. The lowest BCUT2D eigenvalue weighted by molar-refractivity contribution is -0.137. The zero-order valence-electron chi connectivity index (χ0n) is 9.62. The number of hydrogen-bond donors (Lipinski definition) is 1. The molecule has 5 heteroatoms. The minimum Gasteiger partial charge on any atom is -0.398 e. The second kappa shape index (κ2) is 4.33. The average molecular weight is 252 g/mol. The molecule has 0 unspecified atom stereocenters. The normalized spacial score (nSPS) is 11.6. The third-order valence-corrected chi connectivity index (χ3v) is 2.79. The molecule has 0 aliphatic carbocycles. The Balaban J connectivity index is 2.69. The van der Waals surface area contributed by atoms with Gasteiger partial charge in [-0.1, -0.05) is 12.1 Å². The van der Waals surface area contributed by atoms with E-state index in [4.69, 9.17) is 5.73 Å². The molecule has 0 fully saturated rings. The summed E-state index contributed by atoms with van der Waals surface area (Å²) >= 11 is 0. The molecule has 1 heterocycles. The number of alkyl halides is 3. The van der Waals surface area contributed by atoms with E-state index in [0.29, 0.717) is 16.8 Å². The Morgan fingerprint density at radius 2 is 1.83 bits per heavy atom. The van der Waals surface area contributed by atoms with Crippen LogP contribution in [0.2, 0.25) is 0 Å². The summed E-state index contributed by atoms with van der Waals surface area (Å²) in [6.07, 6.45) is -2.06. The van der Waals surface area contributed by atoms with E-state index in [1.54, 1.807) is 25.1 Å². The second-order valence-electron chi connectivity index (χ2n) is 3.94. The van der Waals surface area contributed by atoms with Crippen LogP contribution in [0.15, 0.2) is 36.7 Å². The molecule has 0 atom stereocenters. The molecule has 18 heavy (non-hydrogen) atoms. The largest absolute Gasteiger partial charge is 0.417 e. The minimum absolute atomic E-state index is 0.0507. The van der Waals surface area contributed by atoms with Crippen LogP contribution in [0.25, 0.3) is 11.1 Å². The van der Waals surface area contributed by atoms with Crippen LogP contribution in [0.4, 0.5) is 18.9 Å². The van der Waals surface area contributed by atoms with Gasteiger partial charge in [0, 0.05) is 23.6 Å². The fraction of sp³-hybridized carbons (Fsp3) is 0.154. The van der Waals surface area contributed by atoms with E-state index < -0.39 is 11.7 Å². The van der Waals surface area contributed by atoms with Crippen molar-refractivity contribution < 1.29 is 13.2 Å². The number of halogens is 3. The summed E-state index contributed by atoms with van der Waals surface area (Å²) in [7, 11) is 0. The van der Waals surface area contributed by atoms with Gasteiger partial charge in [-0.05, 0) is 30.2 Å². The molecule has 0 amide bonds. The first-order valence-corrected chi connectivity index (χ1v) is 5.28. The molecular weight excluding hydrogens is 241 g/mol. The molecule has 2 rings (SSSR count). The van der Waals surface area contributed by atoms with Crippen LogP contribution in [0.5, 0.6) is 0 Å². The van der Waals surface area contributed by atoms with Crippen molar-refractivity contribution >= 4 is 5.69 Å². The van der Waals surface area contributed by atoms with E-state index in [1.807, 2.05) is 0 Å². The molecule has 0 bridgehead atoms. The van der Waals surface area contributed by atoms with Crippen LogP contribution in [-0.4, -0.2) is 4.98 Å². The second-order valence-corrected chi connectivity index (χ2v) is 3.94. The van der Waals surface area contributed by atoms with E-state index in [9.17, 15) is 13.2 Å². The number of hydrogen-bond acceptors (Lipinski definition) is 2. The van der Waals surface area contributed by atoms with Gasteiger partial charge in [-0.25, -0.2) is 0 Å². The number of aromatic nitrogens is 1. The highest BCUT2D eigenvalue weighted by atomic mass is 19.4. The maximum atomic E-state index is 12.9. The van der Waals surface area contributed by atoms with Gasteiger partial charge in [0.15, 0.2) is 0 Å². The van der Waals surface area contributed by atoms with Gasteiger partial charge in [0.1, 0.15) is 0 Å². The summed E-state index contributed by atoms with van der Waals surface area (Å²) in [6.45, 7) is 1.69. The third-order valence-electron chi connectivity index (χ3n) is 2.79. The van der Waals surface area contributed by atoms with Crippen molar-refractivity contribution in [1.29, 1.82) is 0 Å². The first kappa shape index (κ1) is 12.4. The lowest BCUT2D eigenvalue weighted by Crippen LogP contribution is -2.08. The van der Waals surface area contributed by atoms with E-state index in [0.717, 1.165) is 12.3 Å². The van der Waals surface area contributed by atoms with Crippen molar-refractivity contribution in [3.63, 3.8) is 0 Å². The summed E-state index contributed by atoms with van der Waals surface area (Å²) in [4.78, 5) is 3.77. The van der Waals surface area contributed by atoms with Crippen molar-refractivity contribution in [2.45, 2.75) is 13.1 Å².